The molecule has 1 rings (SSSR count). The van der Waals surface area contributed by atoms with Crippen molar-refractivity contribution >= 4 is 17.8 Å². The van der Waals surface area contributed by atoms with Gasteiger partial charge in [0, 0.05) is 12.8 Å². The number of hydrogen-bond donors (Lipinski definition) is 1. The zero-order valence-electron chi connectivity index (χ0n) is 14.6. The van der Waals surface area contributed by atoms with Crippen molar-refractivity contribution in [1.82, 2.24) is 0 Å². The van der Waals surface area contributed by atoms with Gasteiger partial charge < -0.3 is 5.11 Å². The number of carbonyl (C=O) groups excluding carboxylic acids is 1. The number of carbonyl (C=O) groups is 2. The fraction of sp³-hybridized carbons (Fsp3) is 0.524. The van der Waals surface area contributed by atoms with Crippen LogP contribution in [0.2, 0.25) is 0 Å². The summed E-state index contributed by atoms with van der Waals surface area (Å²) in [4.78, 5) is 22.1. The minimum atomic E-state index is -0.692. The van der Waals surface area contributed by atoms with Gasteiger partial charge in [-0.2, -0.15) is 0 Å². The molecule has 132 valence electrons. The van der Waals surface area contributed by atoms with Crippen LogP contribution < -0.4 is 0 Å². The highest BCUT2D eigenvalue weighted by molar-refractivity contribution is 5.93. The molecule has 0 amide bonds. The third kappa shape index (κ3) is 11.6. The minimum Gasteiger partial charge on any atom is -0.481 e. The average molecular weight is 330 g/mol. The van der Waals surface area contributed by atoms with Gasteiger partial charge in [0.1, 0.15) is 0 Å². The zero-order valence-corrected chi connectivity index (χ0v) is 14.6. The van der Waals surface area contributed by atoms with Gasteiger partial charge in [0.05, 0.1) is 0 Å². The van der Waals surface area contributed by atoms with Crippen LogP contribution in [0.3, 0.4) is 0 Å². The standard InChI is InChI=1S/C21H30O3/c22-20(18-17-19-13-9-8-10-14-19)15-11-6-4-2-1-3-5-7-12-16-21(23)24/h8-10,13-14,17-18H,1-7,11-12,15-16H2,(H,23,24)/b18-17+. The van der Waals surface area contributed by atoms with Crippen LogP contribution in [0, 0.1) is 0 Å². The maximum absolute atomic E-state index is 11.8. The molecule has 0 aliphatic heterocycles. The quantitative estimate of drug-likeness (QED) is 0.354. The Morgan fingerprint density at radius 2 is 1.25 bits per heavy atom. The molecule has 0 aromatic heterocycles. The lowest BCUT2D eigenvalue weighted by molar-refractivity contribution is -0.137. The molecular weight excluding hydrogens is 300 g/mol. The predicted molar refractivity (Wildman–Crippen MR) is 98.9 cm³/mol. The molecule has 0 unspecified atom stereocenters. The van der Waals surface area contributed by atoms with Crippen LogP contribution in [0.25, 0.3) is 6.08 Å². The van der Waals surface area contributed by atoms with E-state index in [1.54, 1.807) is 6.08 Å². The molecule has 0 bridgehead atoms. The lowest BCUT2D eigenvalue weighted by Gasteiger charge is -2.01. The summed E-state index contributed by atoms with van der Waals surface area (Å²) in [6, 6.07) is 9.89. The summed E-state index contributed by atoms with van der Waals surface area (Å²) in [6.45, 7) is 0. The van der Waals surface area contributed by atoms with Crippen LogP contribution >= 0.6 is 0 Å². The summed E-state index contributed by atoms with van der Waals surface area (Å²) in [5, 5.41) is 8.54. The van der Waals surface area contributed by atoms with E-state index in [2.05, 4.69) is 0 Å². The number of carboxylic acids is 1. The second-order valence-corrected chi connectivity index (χ2v) is 6.29. The number of rotatable bonds is 14. The van der Waals surface area contributed by atoms with Gasteiger partial charge in [-0.3, -0.25) is 9.59 Å². The average Bonchev–Trinajstić information content (AvgIpc) is 2.58. The Kier molecular flexibility index (Phi) is 11.4. The van der Waals surface area contributed by atoms with Gasteiger partial charge in [-0.25, -0.2) is 0 Å². The van der Waals surface area contributed by atoms with Crippen LogP contribution in [0.15, 0.2) is 36.4 Å². The smallest absolute Gasteiger partial charge is 0.303 e. The summed E-state index contributed by atoms with van der Waals surface area (Å²) in [7, 11) is 0. The van der Waals surface area contributed by atoms with Gasteiger partial charge in [0.2, 0.25) is 0 Å². The second kappa shape index (κ2) is 13.5. The maximum atomic E-state index is 11.8. The maximum Gasteiger partial charge on any atom is 0.303 e. The van der Waals surface area contributed by atoms with E-state index in [9.17, 15) is 9.59 Å². The van der Waals surface area contributed by atoms with E-state index < -0.39 is 5.97 Å². The Labute approximate surface area is 145 Å². The zero-order chi connectivity index (χ0) is 17.5. The number of aliphatic carboxylic acids is 1. The van der Waals surface area contributed by atoms with Gasteiger partial charge >= 0.3 is 5.97 Å². The van der Waals surface area contributed by atoms with Crippen molar-refractivity contribution in [2.45, 2.75) is 70.6 Å². The van der Waals surface area contributed by atoms with Crippen LogP contribution in [0.1, 0.15) is 76.2 Å². The summed E-state index contributed by atoms with van der Waals surface area (Å²) < 4.78 is 0. The van der Waals surface area contributed by atoms with E-state index >= 15 is 0 Å². The van der Waals surface area contributed by atoms with Crippen LogP contribution in [0.5, 0.6) is 0 Å². The SMILES string of the molecule is O=C(O)CCCCCCCCCCCC(=O)/C=C/c1ccccc1. The van der Waals surface area contributed by atoms with Crippen molar-refractivity contribution in [2.24, 2.45) is 0 Å². The molecule has 0 saturated heterocycles. The summed E-state index contributed by atoms with van der Waals surface area (Å²) in [5.41, 5.74) is 1.06. The minimum absolute atomic E-state index is 0.206. The Morgan fingerprint density at radius 3 is 1.79 bits per heavy atom. The van der Waals surface area contributed by atoms with Crippen LogP contribution in [0.4, 0.5) is 0 Å². The molecule has 24 heavy (non-hydrogen) atoms. The molecule has 0 fully saturated rings. The number of ketones is 1. The monoisotopic (exact) mass is 330 g/mol. The van der Waals surface area contributed by atoms with Crippen molar-refractivity contribution in [1.29, 1.82) is 0 Å². The van der Waals surface area contributed by atoms with Gasteiger partial charge in [0.25, 0.3) is 0 Å². The molecule has 0 atom stereocenters. The molecule has 0 heterocycles. The largest absolute Gasteiger partial charge is 0.481 e. The lowest BCUT2D eigenvalue weighted by atomic mass is 10.0. The molecule has 1 aromatic carbocycles. The lowest BCUT2D eigenvalue weighted by Crippen LogP contribution is -1.93. The molecule has 0 aliphatic carbocycles. The summed E-state index contributed by atoms with van der Waals surface area (Å²) in [5.74, 6) is -0.486. The molecule has 3 heteroatoms. The van der Waals surface area contributed by atoms with Crippen molar-refractivity contribution in [3.63, 3.8) is 0 Å². The summed E-state index contributed by atoms with van der Waals surface area (Å²) in [6.07, 6.45) is 14.4. The van der Waals surface area contributed by atoms with E-state index in [0.717, 1.165) is 37.7 Å². The molecule has 1 aromatic rings. The van der Waals surface area contributed by atoms with Crippen molar-refractivity contribution in [3.05, 3.63) is 42.0 Å². The van der Waals surface area contributed by atoms with E-state index in [0.29, 0.717) is 12.8 Å². The molecule has 0 radical (unpaired) electrons. The molecule has 3 nitrogen and oxygen atoms in total. The van der Waals surface area contributed by atoms with Gasteiger partial charge in [0.15, 0.2) is 5.78 Å². The first kappa shape index (κ1) is 20.1. The number of allylic oxidation sites excluding steroid dienone is 1. The molecule has 1 N–H and O–H groups in total. The highest BCUT2D eigenvalue weighted by Gasteiger charge is 1.99. The first-order valence-electron chi connectivity index (χ1n) is 9.16. The van der Waals surface area contributed by atoms with Gasteiger partial charge in [-0.1, -0.05) is 81.4 Å². The fourth-order valence-corrected chi connectivity index (χ4v) is 2.65. The number of carboxylic acid groups (broad SMARTS) is 1. The Morgan fingerprint density at radius 1 is 0.750 bits per heavy atom. The van der Waals surface area contributed by atoms with E-state index in [1.807, 2.05) is 36.4 Å². The number of benzene rings is 1. The van der Waals surface area contributed by atoms with Crippen molar-refractivity contribution < 1.29 is 14.7 Å². The molecule has 0 saturated carbocycles. The third-order valence-corrected chi connectivity index (χ3v) is 4.08. The second-order valence-electron chi connectivity index (χ2n) is 6.29. The topological polar surface area (TPSA) is 54.4 Å². The molecule has 0 spiro atoms. The van der Waals surface area contributed by atoms with Crippen LogP contribution in [-0.4, -0.2) is 16.9 Å². The van der Waals surface area contributed by atoms with Crippen molar-refractivity contribution in [2.75, 3.05) is 0 Å². The van der Waals surface area contributed by atoms with Crippen LogP contribution in [-0.2, 0) is 9.59 Å². The Hall–Kier alpha value is -1.90. The summed E-state index contributed by atoms with van der Waals surface area (Å²) >= 11 is 0. The highest BCUT2D eigenvalue weighted by atomic mass is 16.4. The predicted octanol–water partition coefficient (Wildman–Crippen LogP) is 5.64. The van der Waals surface area contributed by atoms with Gasteiger partial charge in [-0.15, -0.1) is 0 Å². The fourth-order valence-electron chi connectivity index (χ4n) is 2.65. The normalized spacial score (nSPS) is 11.0. The van der Waals surface area contributed by atoms with Crippen molar-refractivity contribution in [3.8, 4) is 0 Å². The number of hydrogen-bond acceptors (Lipinski definition) is 2. The van der Waals surface area contributed by atoms with E-state index in [4.69, 9.17) is 5.11 Å². The Balaban J connectivity index is 1.90. The first-order chi connectivity index (χ1) is 11.7. The first-order valence-corrected chi connectivity index (χ1v) is 9.16. The number of unbranched alkanes of at least 4 members (excludes halogenated alkanes) is 8. The van der Waals surface area contributed by atoms with Gasteiger partial charge in [-0.05, 0) is 24.5 Å². The molecule has 0 aliphatic rings. The van der Waals surface area contributed by atoms with E-state index in [-0.39, 0.29) is 5.78 Å². The van der Waals surface area contributed by atoms with E-state index in [1.165, 1.54) is 25.7 Å². The highest BCUT2D eigenvalue weighted by Crippen LogP contribution is 2.12. The Bertz CT molecular complexity index is 491. The molecular formula is C21H30O3. The third-order valence-electron chi connectivity index (χ3n) is 4.08.